The van der Waals surface area contributed by atoms with Gasteiger partial charge in [-0.2, -0.15) is 5.10 Å². The zero-order valence-electron chi connectivity index (χ0n) is 18.6. The van der Waals surface area contributed by atoms with Gasteiger partial charge in [-0.3, -0.25) is 9.48 Å². The summed E-state index contributed by atoms with van der Waals surface area (Å²) in [5.41, 5.74) is 0.742. The molecule has 0 radical (unpaired) electrons. The average molecular weight is 532 g/mol. The molecular formula is C20H27BrFN5O4S. The second-order valence-electron chi connectivity index (χ2n) is 8.56. The van der Waals surface area contributed by atoms with E-state index in [4.69, 9.17) is 9.47 Å². The maximum atomic E-state index is 14.7. The highest BCUT2D eigenvalue weighted by atomic mass is 79.9. The smallest absolute Gasteiger partial charge is 0.407 e. The Bertz CT molecular complexity index is 989. The molecule has 3 atom stereocenters. The molecule has 0 unspecified atom stereocenters. The van der Waals surface area contributed by atoms with Crippen molar-refractivity contribution in [1.29, 1.82) is 0 Å². The van der Waals surface area contributed by atoms with E-state index in [2.05, 4.69) is 36.6 Å². The molecule has 0 bridgehead atoms. The number of anilines is 1. The Hall–Kier alpha value is -2.05. The normalized spacial score (nSPS) is 21.7. The first-order chi connectivity index (χ1) is 14.9. The largest absolute Gasteiger partial charge is 0.444 e. The number of alkyl halides is 1. The summed E-state index contributed by atoms with van der Waals surface area (Å²) in [7, 11) is 1.73. The predicted molar refractivity (Wildman–Crippen MR) is 122 cm³/mol. The van der Waals surface area contributed by atoms with Crippen LogP contribution >= 0.6 is 27.3 Å². The number of aryl methyl sites for hydroxylation is 2. The Morgan fingerprint density at radius 1 is 1.38 bits per heavy atom. The molecule has 1 aliphatic rings. The van der Waals surface area contributed by atoms with Gasteiger partial charge in [0.25, 0.3) is 5.91 Å². The Kier molecular flexibility index (Phi) is 7.56. The molecule has 0 aromatic carbocycles. The molecule has 0 spiro atoms. The van der Waals surface area contributed by atoms with Gasteiger partial charge in [-0.1, -0.05) is 0 Å². The minimum absolute atomic E-state index is 0.207. The second kappa shape index (κ2) is 9.84. The SMILES string of the molecule is Cc1sc(Br)nc1C(=O)Nc1cnn(C)c1[C@@H]1CC[C@@H](NC(=O)OC(C)(C)C)[C@@H](F)CO1. The van der Waals surface area contributed by atoms with Crippen molar-refractivity contribution in [2.45, 2.75) is 64.5 Å². The standard InChI is InChI=1S/C20H27BrFN5O4S/c1-10-15(26-18(21)32-10)17(28)24-13-8-23-27(5)16(13)14-7-6-12(11(22)9-30-14)25-19(29)31-20(2,3)4/h8,11-12,14H,6-7,9H2,1-5H3,(H,24,28)(H,25,29)/t11-,12+,14-/m0/s1. The molecule has 2 N–H and O–H groups in total. The highest BCUT2D eigenvalue weighted by Gasteiger charge is 2.33. The van der Waals surface area contributed by atoms with E-state index in [1.807, 2.05) is 6.92 Å². The minimum Gasteiger partial charge on any atom is -0.444 e. The Balaban J connectivity index is 1.71. The van der Waals surface area contributed by atoms with E-state index in [-0.39, 0.29) is 12.5 Å². The van der Waals surface area contributed by atoms with Gasteiger partial charge >= 0.3 is 6.09 Å². The van der Waals surface area contributed by atoms with Crippen LogP contribution in [0.15, 0.2) is 10.1 Å². The van der Waals surface area contributed by atoms with E-state index < -0.39 is 30.0 Å². The van der Waals surface area contributed by atoms with Crippen molar-refractivity contribution < 1.29 is 23.5 Å². The summed E-state index contributed by atoms with van der Waals surface area (Å²) in [6, 6.07) is -0.740. The van der Waals surface area contributed by atoms with E-state index in [0.717, 1.165) is 4.88 Å². The van der Waals surface area contributed by atoms with Crippen LogP contribution in [0.4, 0.5) is 14.9 Å². The van der Waals surface area contributed by atoms with Crippen molar-refractivity contribution in [3.05, 3.63) is 26.4 Å². The van der Waals surface area contributed by atoms with Gasteiger partial charge in [-0.25, -0.2) is 14.2 Å². The fourth-order valence-corrected chi connectivity index (χ4v) is 4.97. The van der Waals surface area contributed by atoms with Crippen LogP contribution in [0.25, 0.3) is 0 Å². The summed E-state index contributed by atoms with van der Waals surface area (Å²) < 4.78 is 28.0. The van der Waals surface area contributed by atoms with Gasteiger partial charge in [0.2, 0.25) is 0 Å². The maximum absolute atomic E-state index is 14.7. The minimum atomic E-state index is -1.39. The lowest BCUT2D eigenvalue weighted by Gasteiger charge is -2.24. The molecule has 0 saturated carbocycles. The molecule has 12 heteroatoms. The maximum Gasteiger partial charge on any atom is 0.407 e. The molecule has 1 aliphatic heterocycles. The van der Waals surface area contributed by atoms with Gasteiger partial charge in [0.1, 0.15) is 23.6 Å². The fraction of sp³-hybridized carbons (Fsp3) is 0.600. The third kappa shape index (κ3) is 6.04. The molecule has 2 aromatic heterocycles. The summed E-state index contributed by atoms with van der Waals surface area (Å²) in [6.45, 7) is 6.85. The Morgan fingerprint density at radius 2 is 2.09 bits per heavy atom. The molecule has 2 amide bonds. The van der Waals surface area contributed by atoms with Gasteiger partial charge < -0.3 is 20.1 Å². The number of ether oxygens (including phenoxy) is 2. The first-order valence-electron chi connectivity index (χ1n) is 10.2. The lowest BCUT2D eigenvalue weighted by molar-refractivity contribution is 0.0202. The van der Waals surface area contributed by atoms with Crippen LogP contribution in [-0.2, 0) is 16.5 Å². The lowest BCUT2D eigenvalue weighted by Crippen LogP contribution is -2.44. The topological polar surface area (TPSA) is 107 Å². The highest BCUT2D eigenvalue weighted by molar-refractivity contribution is 9.11. The van der Waals surface area contributed by atoms with Crippen molar-refractivity contribution in [3.8, 4) is 0 Å². The summed E-state index contributed by atoms with van der Waals surface area (Å²) >= 11 is 4.66. The molecule has 3 rings (SSSR count). The number of amides is 2. The van der Waals surface area contributed by atoms with E-state index >= 15 is 0 Å². The number of nitrogens with zero attached hydrogens (tertiary/aromatic N) is 3. The van der Waals surface area contributed by atoms with Gasteiger partial charge in [-0.05, 0) is 56.5 Å². The first-order valence-corrected chi connectivity index (χ1v) is 11.8. The number of aromatic nitrogens is 3. The molecule has 176 valence electrons. The first kappa shape index (κ1) is 24.6. The Morgan fingerprint density at radius 3 is 2.72 bits per heavy atom. The lowest BCUT2D eigenvalue weighted by atomic mass is 10.0. The number of hydrogen-bond acceptors (Lipinski definition) is 7. The van der Waals surface area contributed by atoms with E-state index in [1.165, 1.54) is 17.5 Å². The van der Waals surface area contributed by atoms with E-state index in [0.29, 0.717) is 33.8 Å². The number of rotatable bonds is 4. The van der Waals surface area contributed by atoms with Crippen LogP contribution in [0.2, 0.25) is 0 Å². The number of carbonyl (C=O) groups excluding carboxylic acids is 2. The van der Waals surface area contributed by atoms with Crippen LogP contribution in [0.3, 0.4) is 0 Å². The van der Waals surface area contributed by atoms with E-state index in [9.17, 15) is 14.0 Å². The highest BCUT2D eigenvalue weighted by Crippen LogP contribution is 2.33. The molecule has 9 nitrogen and oxygen atoms in total. The zero-order valence-corrected chi connectivity index (χ0v) is 21.0. The molecule has 2 aromatic rings. The van der Waals surface area contributed by atoms with Gasteiger partial charge in [0.05, 0.1) is 30.2 Å². The van der Waals surface area contributed by atoms with Crippen LogP contribution in [0.5, 0.6) is 0 Å². The third-order valence-electron chi connectivity index (χ3n) is 4.86. The van der Waals surface area contributed by atoms with E-state index in [1.54, 1.807) is 32.5 Å². The van der Waals surface area contributed by atoms with Crippen molar-refractivity contribution in [1.82, 2.24) is 20.1 Å². The van der Waals surface area contributed by atoms with Crippen molar-refractivity contribution in [2.24, 2.45) is 7.05 Å². The monoisotopic (exact) mass is 531 g/mol. The van der Waals surface area contributed by atoms with Crippen molar-refractivity contribution in [3.63, 3.8) is 0 Å². The Labute approximate surface area is 198 Å². The average Bonchev–Trinajstić information content (AvgIpc) is 3.14. The zero-order chi connectivity index (χ0) is 23.6. The summed E-state index contributed by atoms with van der Waals surface area (Å²) in [4.78, 5) is 29.8. The number of alkyl carbamates (subject to hydrolysis) is 1. The molecular weight excluding hydrogens is 505 g/mol. The molecule has 3 heterocycles. The quantitative estimate of drug-likeness (QED) is 0.609. The molecule has 1 saturated heterocycles. The van der Waals surface area contributed by atoms with Gasteiger partial charge in [-0.15, -0.1) is 11.3 Å². The number of carbonyl (C=O) groups is 2. The number of nitrogens with one attached hydrogen (secondary N) is 2. The summed E-state index contributed by atoms with van der Waals surface area (Å²) in [5, 5.41) is 9.67. The van der Waals surface area contributed by atoms with Crippen LogP contribution in [0, 0.1) is 6.92 Å². The number of hydrogen-bond donors (Lipinski definition) is 2. The fourth-order valence-electron chi connectivity index (χ4n) is 3.44. The van der Waals surface area contributed by atoms with Gasteiger partial charge in [0.15, 0.2) is 3.92 Å². The number of thiazole rings is 1. The molecule has 0 aliphatic carbocycles. The van der Waals surface area contributed by atoms with Crippen LogP contribution < -0.4 is 10.6 Å². The molecule has 1 fully saturated rings. The van der Waals surface area contributed by atoms with Gasteiger partial charge in [0, 0.05) is 11.9 Å². The summed E-state index contributed by atoms with van der Waals surface area (Å²) in [6.07, 6.45) is -0.283. The van der Waals surface area contributed by atoms with Crippen molar-refractivity contribution in [2.75, 3.05) is 11.9 Å². The third-order valence-corrected chi connectivity index (χ3v) is 6.28. The van der Waals surface area contributed by atoms with Crippen LogP contribution in [0.1, 0.15) is 60.8 Å². The van der Waals surface area contributed by atoms with Crippen molar-refractivity contribution >= 4 is 45.0 Å². The second-order valence-corrected chi connectivity index (χ2v) is 11.0. The van der Waals surface area contributed by atoms with Crippen LogP contribution in [-0.4, -0.2) is 51.2 Å². The predicted octanol–water partition coefficient (Wildman–Crippen LogP) is 4.28. The molecule has 32 heavy (non-hydrogen) atoms. The summed E-state index contributed by atoms with van der Waals surface area (Å²) in [5.74, 6) is -0.361. The number of halogens is 2.